The number of nitrogens with one attached hydrogen (secondary N) is 1. The molecule has 0 amide bonds. The van der Waals surface area contributed by atoms with Crippen molar-refractivity contribution in [3.05, 3.63) is 54.2 Å². The van der Waals surface area contributed by atoms with Crippen molar-refractivity contribution in [3.63, 3.8) is 0 Å². The molecule has 0 spiro atoms. The van der Waals surface area contributed by atoms with Gasteiger partial charge < -0.3 is 14.5 Å². The standard InChI is InChI=1S/C17H22N4/c1-3-18-12-14-5-6-16-15(11-14)7-9-21(16)13-17-19-8-10-20(17)4-2/h5-11,18H,3-4,12-13H2,1-2H3. The quantitative estimate of drug-likeness (QED) is 0.754. The summed E-state index contributed by atoms with van der Waals surface area (Å²) in [6.07, 6.45) is 6.06. The zero-order chi connectivity index (χ0) is 14.7. The van der Waals surface area contributed by atoms with Crippen LogP contribution in [0.25, 0.3) is 10.9 Å². The van der Waals surface area contributed by atoms with Gasteiger partial charge in [0.05, 0.1) is 6.54 Å². The fourth-order valence-corrected chi connectivity index (χ4v) is 2.70. The number of rotatable bonds is 6. The van der Waals surface area contributed by atoms with E-state index in [1.807, 2.05) is 12.4 Å². The Labute approximate surface area is 125 Å². The van der Waals surface area contributed by atoms with Gasteiger partial charge in [0.15, 0.2) is 0 Å². The third-order valence-electron chi connectivity index (χ3n) is 3.87. The van der Waals surface area contributed by atoms with E-state index in [0.717, 1.165) is 32.0 Å². The molecule has 1 aromatic carbocycles. The van der Waals surface area contributed by atoms with Gasteiger partial charge in [0, 0.05) is 37.2 Å². The van der Waals surface area contributed by atoms with Gasteiger partial charge in [-0.3, -0.25) is 0 Å². The minimum absolute atomic E-state index is 0.816. The van der Waals surface area contributed by atoms with Crippen LogP contribution in [0.4, 0.5) is 0 Å². The second-order valence-corrected chi connectivity index (χ2v) is 5.25. The smallest absolute Gasteiger partial charge is 0.128 e. The van der Waals surface area contributed by atoms with Crippen LogP contribution < -0.4 is 5.32 Å². The minimum Gasteiger partial charge on any atom is -0.340 e. The Morgan fingerprint density at radius 1 is 1.10 bits per heavy atom. The maximum atomic E-state index is 4.46. The molecule has 0 fully saturated rings. The first-order chi connectivity index (χ1) is 10.3. The monoisotopic (exact) mass is 282 g/mol. The highest BCUT2D eigenvalue weighted by Gasteiger charge is 2.06. The van der Waals surface area contributed by atoms with Crippen LogP contribution in [0.2, 0.25) is 0 Å². The Balaban J connectivity index is 1.86. The zero-order valence-electron chi connectivity index (χ0n) is 12.7. The van der Waals surface area contributed by atoms with E-state index < -0.39 is 0 Å². The Hall–Kier alpha value is -2.07. The number of imidazole rings is 1. The van der Waals surface area contributed by atoms with Crippen LogP contribution in [0.15, 0.2) is 42.9 Å². The summed E-state index contributed by atoms with van der Waals surface area (Å²) in [6, 6.07) is 8.86. The molecule has 1 N–H and O–H groups in total. The lowest BCUT2D eigenvalue weighted by Gasteiger charge is -2.08. The van der Waals surface area contributed by atoms with Gasteiger partial charge in [0.2, 0.25) is 0 Å². The molecule has 3 aromatic rings. The lowest BCUT2D eigenvalue weighted by Crippen LogP contribution is -2.11. The number of aromatic nitrogens is 3. The maximum absolute atomic E-state index is 4.46. The summed E-state index contributed by atoms with van der Waals surface area (Å²) in [5.74, 6) is 1.10. The summed E-state index contributed by atoms with van der Waals surface area (Å²) < 4.78 is 4.45. The lowest BCUT2D eigenvalue weighted by atomic mass is 10.1. The Morgan fingerprint density at radius 2 is 2.00 bits per heavy atom. The number of fused-ring (bicyclic) bond motifs is 1. The predicted molar refractivity (Wildman–Crippen MR) is 86.3 cm³/mol. The highest BCUT2D eigenvalue weighted by molar-refractivity contribution is 5.80. The van der Waals surface area contributed by atoms with Crippen molar-refractivity contribution in [2.24, 2.45) is 0 Å². The highest BCUT2D eigenvalue weighted by atomic mass is 15.1. The third kappa shape index (κ3) is 2.85. The predicted octanol–water partition coefficient (Wildman–Crippen LogP) is 3.02. The van der Waals surface area contributed by atoms with Gasteiger partial charge in [-0.1, -0.05) is 13.0 Å². The largest absolute Gasteiger partial charge is 0.340 e. The van der Waals surface area contributed by atoms with Crippen LogP contribution in [0.3, 0.4) is 0 Å². The second kappa shape index (κ2) is 6.14. The van der Waals surface area contributed by atoms with Crippen molar-refractivity contribution in [2.75, 3.05) is 6.54 Å². The zero-order valence-corrected chi connectivity index (χ0v) is 12.7. The molecule has 21 heavy (non-hydrogen) atoms. The Morgan fingerprint density at radius 3 is 2.81 bits per heavy atom. The topological polar surface area (TPSA) is 34.8 Å². The summed E-state index contributed by atoms with van der Waals surface area (Å²) in [6.45, 7) is 7.98. The van der Waals surface area contributed by atoms with E-state index in [4.69, 9.17) is 0 Å². The van der Waals surface area contributed by atoms with Gasteiger partial charge in [-0.05, 0) is 42.6 Å². The molecule has 0 bridgehead atoms. The van der Waals surface area contributed by atoms with Crippen molar-refractivity contribution in [2.45, 2.75) is 33.5 Å². The molecule has 0 aliphatic rings. The van der Waals surface area contributed by atoms with Crippen molar-refractivity contribution in [1.82, 2.24) is 19.4 Å². The molecular formula is C17H22N4. The van der Waals surface area contributed by atoms with Crippen molar-refractivity contribution in [3.8, 4) is 0 Å². The first-order valence-corrected chi connectivity index (χ1v) is 7.60. The van der Waals surface area contributed by atoms with Gasteiger partial charge in [0.1, 0.15) is 5.82 Å². The average molecular weight is 282 g/mol. The molecule has 0 saturated heterocycles. The molecular weight excluding hydrogens is 260 g/mol. The summed E-state index contributed by atoms with van der Waals surface area (Å²) >= 11 is 0. The van der Waals surface area contributed by atoms with Crippen LogP contribution >= 0.6 is 0 Å². The van der Waals surface area contributed by atoms with Crippen LogP contribution in [0.5, 0.6) is 0 Å². The van der Waals surface area contributed by atoms with Gasteiger partial charge >= 0.3 is 0 Å². The van der Waals surface area contributed by atoms with Crippen molar-refractivity contribution >= 4 is 10.9 Å². The van der Waals surface area contributed by atoms with E-state index in [2.05, 4.69) is 63.7 Å². The number of benzene rings is 1. The molecule has 2 aromatic heterocycles. The maximum Gasteiger partial charge on any atom is 0.128 e. The van der Waals surface area contributed by atoms with E-state index in [9.17, 15) is 0 Å². The molecule has 3 rings (SSSR count). The van der Waals surface area contributed by atoms with Crippen molar-refractivity contribution < 1.29 is 0 Å². The molecule has 110 valence electrons. The molecule has 0 radical (unpaired) electrons. The minimum atomic E-state index is 0.816. The second-order valence-electron chi connectivity index (χ2n) is 5.25. The van der Waals surface area contributed by atoms with Crippen LogP contribution in [-0.4, -0.2) is 20.7 Å². The van der Waals surface area contributed by atoms with Gasteiger partial charge in [-0.15, -0.1) is 0 Å². The van der Waals surface area contributed by atoms with Gasteiger partial charge in [-0.25, -0.2) is 4.98 Å². The first kappa shape index (κ1) is 13.9. The number of hydrogen-bond acceptors (Lipinski definition) is 2. The number of hydrogen-bond donors (Lipinski definition) is 1. The number of nitrogens with zero attached hydrogens (tertiary/aromatic N) is 3. The van der Waals surface area contributed by atoms with E-state index in [1.54, 1.807) is 0 Å². The van der Waals surface area contributed by atoms with E-state index in [-0.39, 0.29) is 0 Å². The molecule has 0 aliphatic carbocycles. The summed E-state index contributed by atoms with van der Waals surface area (Å²) in [5, 5.41) is 4.66. The molecule has 2 heterocycles. The first-order valence-electron chi connectivity index (χ1n) is 7.60. The molecule has 4 nitrogen and oxygen atoms in total. The van der Waals surface area contributed by atoms with Crippen LogP contribution in [-0.2, 0) is 19.6 Å². The molecule has 4 heteroatoms. The average Bonchev–Trinajstić information content (AvgIpc) is 3.12. The molecule has 0 atom stereocenters. The lowest BCUT2D eigenvalue weighted by molar-refractivity contribution is 0.661. The third-order valence-corrected chi connectivity index (χ3v) is 3.87. The highest BCUT2D eigenvalue weighted by Crippen LogP contribution is 2.19. The fraction of sp³-hybridized carbons (Fsp3) is 0.353. The van der Waals surface area contributed by atoms with Crippen LogP contribution in [0, 0.1) is 0 Å². The molecule has 0 saturated carbocycles. The normalized spacial score (nSPS) is 11.3. The molecule has 0 unspecified atom stereocenters. The fourth-order valence-electron chi connectivity index (χ4n) is 2.70. The van der Waals surface area contributed by atoms with Gasteiger partial charge in [0.25, 0.3) is 0 Å². The SMILES string of the molecule is CCNCc1ccc2c(ccn2Cc2nccn2CC)c1. The van der Waals surface area contributed by atoms with E-state index >= 15 is 0 Å². The molecule has 0 aliphatic heterocycles. The Kier molecular flexibility index (Phi) is 4.06. The van der Waals surface area contributed by atoms with Crippen LogP contribution in [0.1, 0.15) is 25.2 Å². The number of aryl methyl sites for hydroxylation is 1. The van der Waals surface area contributed by atoms with Gasteiger partial charge in [-0.2, -0.15) is 0 Å². The van der Waals surface area contributed by atoms with Crippen molar-refractivity contribution in [1.29, 1.82) is 0 Å². The summed E-state index contributed by atoms with van der Waals surface area (Å²) in [5.41, 5.74) is 2.60. The van der Waals surface area contributed by atoms with E-state index in [1.165, 1.54) is 16.5 Å². The van der Waals surface area contributed by atoms with E-state index in [0.29, 0.717) is 0 Å². The summed E-state index contributed by atoms with van der Waals surface area (Å²) in [7, 11) is 0. The Bertz CT molecular complexity index is 723. The summed E-state index contributed by atoms with van der Waals surface area (Å²) in [4.78, 5) is 4.46.